The summed E-state index contributed by atoms with van der Waals surface area (Å²) in [5.74, 6) is 0.0609. The predicted molar refractivity (Wildman–Crippen MR) is 143 cm³/mol. The number of primary sulfonamides is 1. The second-order valence-electron chi connectivity index (χ2n) is 11.4. The zero-order valence-corrected chi connectivity index (χ0v) is 22.2. The summed E-state index contributed by atoms with van der Waals surface area (Å²) in [7, 11) is -3.74. The molecule has 2 heterocycles. The number of aromatic nitrogens is 2. The van der Waals surface area contributed by atoms with E-state index in [4.69, 9.17) is 5.14 Å². The standard InChI is InChI=1S/C29H34N4O4S/c30-38(36,37)21-8-6-20(7-9-21)17-32-27(35)29-11-3-10-28(12-14-29,13-15-29)26(34)16-24-22-4-1-2-5-23(22)25-18-31-19-33(24)25/h1-2,4-9,18-19,24,26,34H,3,10-17H2,(H,32,35)(H2,30,36,37). The second-order valence-corrected chi connectivity index (χ2v) is 13.0. The van der Waals surface area contributed by atoms with E-state index in [2.05, 4.69) is 33.1 Å². The largest absolute Gasteiger partial charge is 0.392 e. The fourth-order valence-electron chi connectivity index (χ4n) is 7.15. The highest BCUT2D eigenvalue weighted by Crippen LogP contribution is 2.57. The van der Waals surface area contributed by atoms with Crippen LogP contribution in [0.4, 0.5) is 0 Å². The van der Waals surface area contributed by atoms with Crippen LogP contribution in [-0.2, 0) is 21.4 Å². The van der Waals surface area contributed by atoms with Crippen LogP contribution in [-0.4, -0.2) is 35.1 Å². The van der Waals surface area contributed by atoms with Crippen LogP contribution in [0.25, 0.3) is 11.3 Å². The number of aliphatic hydroxyl groups is 1. The lowest BCUT2D eigenvalue weighted by Crippen LogP contribution is -2.46. The van der Waals surface area contributed by atoms with Crippen LogP contribution in [0.5, 0.6) is 0 Å². The summed E-state index contributed by atoms with van der Waals surface area (Å²) in [4.78, 5) is 17.8. The van der Waals surface area contributed by atoms with E-state index in [-0.39, 0.29) is 22.3 Å². The lowest BCUT2D eigenvalue weighted by Gasteiger charge is -2.45. The van der Waals surface area contributed by atoms with Crippen molar-refractivity contribution in [2.75, 3.05) is 0 Å². The molecule has 2 bridgehead atoms. The minimum atomic E-state index is -3.74. The normalized spacial score (nSPS) is 26.8. The number of sulfonamides is 1. The van der Waals surface area contributed by atoms with Crippen molar-refractivity contribution in [1.82, 2.24) is 14.9 Å². The van der Waals surface area contributed by atoms with Crippen LogP contribution in [0.2, 0.25) is 0 Å². The number of fused-ring (bicyclic) bond motifs is 7. The minimum absolute atomic E-state index is 0.0578. The molecule has 0 saturated heterocycles. The van der Waals surface area contributed by atoms with Crippen molar-refractivity contribution in [3.8, 4) is 11.3 Å². The molecule has 8 nitrogen and oxygen atoms in total. The van der Waals surface area contributed by atoms with Crippen molar-refractivity contribution >= 4 is 15.9 Å². The molecule has 1 aromatic heterocycles. The van der Waals surface area contributed by atoms with Crippen molar-refractivity contribution in [2.45, 2.75) is 75.0 Å². The summed E-state index contributed by atoms with van der Waals surface area (Å²) in [6.07, 6.45) is 9.89. The fourth-order valence-corrected chi connectivity index (χ4v) is 7.66. The molecule has 3 aromatic rings. The first-order valence-corrected chi connectivity index (χ1v) is 14.9. The van der Waals surface area contributed by atoms with Crippen LogP contribution in [0.15, 0.2) is 66.0 Å². The number of hydrogen-bond donors (Lipinski definition) is 3. The Morgan fingerprint density at radius 3 is 2.55 bits per heavy atom. The molecule has 38 heavy (non-hydrogen) atoms. The third-order valence-corrected chi connectivity index (χ3v) is 10.4. The van der Waals surface area contributed by atoms with E-state index in [0.717, 1.165) is 56.2 Å². The first-order valence-electron chi connectivity index (χ1n) is 13.4. The van der Waals surface area contributed by atoms with Gasteiger partial charge in [-0.2, -0.15) is 0 Å². The SMILES string of the molecule is NS(=O)(=O)c1ccc(CNC(=O)C23CCCC(C(O)CC4c5ccccc5-c5cncn54)(CC2)CC3)cc1. The molecule has 9 heteroatoms. The quantitative estimate of drug-likeness (QED) is 0.424. The summed E-state index contributed by atoms with van der Waals surface area (Å²) in [6.45, 7) is 0.341. The van der Waals surface area contributed by atoms with Gasteiger partial charge in [0.25, 0.3) is 0 Å². The lowest BCUT2D eigenvalue weighted by atomic mass is 9.62. The highest BCUT2D eigenvalue weighted by molar-refractivity contribution is 7.89. The number of nitrogens with zero attached hydrogens (tertiary/aromatic N) is 2. The highest BCUT2D eigenvalue weighted by atomic mass is 32.2. The molecule has 4 aliphatic rings. The Balaban J connectivity index is 1.12. The van der Waals surface area contributed by atoms with Crippen LogP contribution < -0.4 is 10.5 Å². The summed E-state index contributed by atoms with van der Waals surface area (Å²) in [5.41, 5.74) is 3.80. The van der Waals surface area contributed by atoms with Crippen LogP contribution >= 0.6 is 0 Å². The van der Waals surface area contributed by atoms with E-state index < -0.39 is 21.5 Å². The van der Waals surface area contributed by atoms with Crippen LogP contribution in [0, 0.1) is 10.8 Å². The Morgan fingerprint density at radius 1 is 1.08 bits per heavy atom. The monoisotopic (exact) mass is 534 g/mol. The summed E-state index contributed by atoms with van der Waals surface area (Å²) >= 11 is 0. The third-order valence-electron chi connectivity index (χ3n) is 9.47. The molecule has 0 spiro atoms. The molecular weight excluding hydrogens is 500 g/mol. The van der Waals surface area contributed by atoms with Crippen molar-refractivity contribution in [1.29, 1.82) is 0 Å². The number of imidazole rings is 1. The maximum Gasteiger partial charge on any atom is 0.238 e. The molecule has 2 aromatic carbocycles. The van der Waals surface area contributed by atoms with E-state index in [0.29, 0.717) is 13.0 Å². The molecule has 7 rings (SSSR count). The van der Waals surface area contributed by atoms with Gasteiger partial charge in [-0.25, -0.2) is 18.5 Å². The number of nitrogens with one attached hydrogen (secondary N) is 1. The first kappa shape index (κ1) is 25.3. The fraction of sp³-hybridized carbons (Fsp3) is 0.448. The Morgan fingerprint density at radius 2 is 1.82 bits per heavy atom. The molecule has 200 valence electrons. The van der Waals surface area contributed by atoms with Gasteiger partial charge in [0.1, 0.15) is 0 Å². The van der Waals surface area contributed by atoms with Crippen molar-refractivity contribution in [2.24, 2.45) is 16.0 Å². The van der Waals surface area contributed by atoms with Gasteiger partial charge in [0.15, 0.2) is 0 Å². The van der Waals surface area contributed by atoms with E-state index in [1.807, 2.05) is 18.6 Å². The number of carbonyl (C=O) groups excluding carboxylic acids is 1. The summed E-state index contributed by atoms with van der Waals surface area (Å²) in [5, 5.41) is 20.0. The summed E-state index contributed by atoms with van der Waals surface area (Å²) < 4.78 is 25.2. The number of nitrogens with two attached hydrogens (primary N) is 1. The highest BCUT2D eigenvalue weighted by Gasteiger charge is 2.52. The molecule has 3 saturated carbocycles. The number of amides is 1. The van der Waals surface area contributed by atoms with Gasteiger partial charge in [-0.1, -0.05) is 42.8 Å². The van der Waals surface area contributed by atoms with Gasteiger partial charge in [-0.15, -0.1) is 0 Å². The Labute approximate surface area is 223 Å². The van der Waals surface area contributed by atoms with E-state index in [9.17, 15) is 18.3 Å². The van der Waals surface area contributed by atoms with Crippen LogP contribution in [0.1, 0.15) is 68.5 Å². The smallest absolute Gasteiger partial charge is 0.238 e. The maximum atomic E-state index is 13.4. The number of rotatable bonds is 7. The Hall–Kier alpha value is -3.01. The van der Waals surface area contributed by atoms with E-state index in [1.165, 1.54) is 23.3 Å². The van der Waals surface area contributed by atoms with Gasteiger partial charge in [-0.3, -0.25) is 4.79 Å². The minimum Gasteiger partial charge on any atom is -0.392 e. The molecule has 1 amide bonds. The zero-order valence-electron chi connectivity index (χ0n) is 21.3. The van der Waals surface area contributed by atoms with Crippen molar-refractivity contribution in [3.05, 3.63) is 72.2 Å². The van der Waals surface area contributed by atoms with Gasteiger partial charge >= 0.3 is 0 Å². The molecular formula is C29H34N4O4S. The van der Waals surface area contributed by atoms with Gasteiger partial charge in [0, 0.05) is 17.5 Å². The molecule has 2 unspecified atom stereocenters. The third kappa shape index (κ3) is 4.26. The van der Waals surface area contributed by atoms with Gasteiger partial charge in [-0.05, 0) is 73.6 Å². The van der Waals surface area contributed by atoms with Crippen molar-refractivity contribution in [3.63, 3.8) is 0 Å². The van der Waals surface area contributed by atoms with Crippen LogP contribution in [0.3, 0.4) is 0 Å². The average molecular weight is 535 g/mol. The second kappa shape index (κ2) is 9.32. The average Bonchev–Trinajstić information content (AvgIpc) is 3.37. The molecule has 1 aliphatic heterocycles. The Bertz CT molecular complexity index is 1460. The van der Waals surface area contributed by atoms with Gasteiger partial charge < -0.3 is 15.0 Å². The topological polar surface area (TPSA) is 127 Å². The van der Waals surface area contributed by atoms with E-state index >= 15 is 0 Å². The van der Waals surface area contributed by atoms with Gasteiger partial charge in [0.2, 0.25) is 15.9 Å². The molecule has 0 radical (unpaired) electrons. The molecule has 2 atom stereocenters. The molecule has 3 fully saturated rings. The summed E-state index contributed by atoms with van der Waals surface area (Å²) in [6, 6.07) is 14.8. The number of benzene rings is 2. The number of aliphatic hydroxyl groups excluding tert-OH is 1. The first-order chi connectivity index (χ1) is 18.2. The maximum absolute atomic E-state index is 13.4. The number of hydrogen-bond acceptors (Lipinski definition) is 5. The molecule has 4 N–H and O–H groups in total. The zero-order chi connectivity index (χ0) is 26.5. The Kier molecular flexibility index (Phi) is 6.20. The number of carbonyl (C=O) groups is 1. The molecule has 3 aliphatic carbocycles. The van der Waals surface area contributed by atoms with Gasteiger partial charge in [0.05, 0.1) is 35.3 Å². The van der Waals surface area contributed by atoms with E-state index in [1.54, 1.807) is 12.1 Å². The lowest BCUT2D eigenvalue weighted by molar-refractivity contribution is -0.135. The predicted octanol–water partition coefficient (Wildman–Crippen LogP) is 3.90. The van der Waals surface area contributed by atoms with Crippen molar-refractivity contribution < 1.29 is 18.3 Å².